The molecular formula is C7H12O6. The molecule has 0 bridgehead atoms. The quantitative estimate of drug-likeness (QED) is 0.348. The summed E-state index contributed by atoms with van der Waals surface area (Å²) in [5.74, 6) is 0. The lowest BCUT2D eigenvalue weighted by Crippen LogP contribution is -2.58. The molecule has 0 aromatic heterocycles. The molecule has 1 heterocycles. The Morgan fingerprint density at radius 1 is 1.15 bits per heavy atom. The molecule has 6 nitrogen and oxygen atoms in total. The minimum absolute atomic E-state index is 0.322. The van der Waals surface area contributed by atoms with E-state index in [1.165, 1.54) is 0 Å². The first-order valence-corrected chi connectivity index (χ1v) is 3.87. The highest BCUT2D eigenvalue weighted by Crippen LogP contribution is 2.19. The minimum atomic E-state index is -1.47. The SMILES string of the molecule is O=C[C@H]1O[C@H](CO)[C@@H](O)[C@H](O)[C@H]1O. The fourth-order valence-corrected chi connectivity index (χ4v) is 1.24. The summed E-state index contributed by atoms with van der Waals surface area (Å²) in [5.41, 5.74) is 0. The number of carbonyl (C=O) groups is 1. The predicted molar refractivity (Wildman–Crippen MR) is 39.8 cm³/mol. The zero-order valence-corrected chi connectivity index (χ0v) is 6.78. The number of hydrogen-bond acceptors (Lipinski definition) is 6. The molecule has 0 aromatic carbocycles. The van der Waals surface area contributed by atoms with Crippen LogP contribution in [0.1, 0.15) is 0 Å². The van der Waals surface area contributed by atoms with Gasteiger partial charge in [0, 0.05) is 0 Å². The van der Waals surface area contributed by atoms with Gasteiger partial charge in [0.1, 0.15) is 30.5 Å². The van der Waals surface area contributed by atoms with Crippen LogP contribution in [0.4, 0.5) is 0 Å². The van der Waals surface area contributed by atoms with E-state index in [1.54, 1.807) is 0 Å². The van der Waals surface area contributed by atoms with Crippen LogP contribution >= 0.6 is 0 Å². The maximum atomic E-state index is 10.3. The summed E-state index contributed by atoms with van der Waals surface area (Å²) in [6.45, 7) is -0.519. The topological polar surface area (TPSA) is 107 Å². The molecule has 1 rings (SSSR count). The van der Waals surface area contributed by atoms with Gasteiger partial charge in [-0.1, -0.05) is 0 Å². The van der Waals surface area contributed by atoms with Crippen molar-refractivity contribution in [3.05, 3.63) is 0 Å². The number of carbonyl (C=O) groups excluding carboxylic acids is 1. The second-order valence-corrected chi connectivity index (χ2v) is 2.93. The average Bonchev–Trinajstić information content (AvgIpc) is 2.15. The standard InChI is InChI=1S/C7H12O6/c8-1-3-5(10)7(12)6(11)4(2-9)13-3/h1,3-7,9-12H,2H2/t3-,4-,5+,6-,7-/m1/s1. The Hall–Kier alpha value is -0.530. The van der Waals surface area contributed by atoms with Crippen molar-refractivity contribution < 1.29 is 30.0 Å². The van der Waals surface area contributed by atoms with Crippen LogP contribution in [-0.4, -0.2) is 63.8 Å². The van der Waals surface area contributed by atoms with Crippen molar-refractivity contribution in [3.8, 4) is 0 Å². The minimum Gasteiger partial charge on any atom is -0.394 e. The number of aliphatic hydroxyl groups excluding tert-OH is 4. The Morgan fingerprint density at radius 3 is 2.23 bits per heavy atom. The molecule has 0 saturated carbocycles. The lowest BCUT2D eigenvalue weighted by molar-refractivity contribution is -0.221. The van der Waals surface area contributed by atoms with Gasteiger partial charge in [0.2, 0.25) is 0 Å². The van der Waals surface area contributed by atoms with Gasteiger partial charge in [-0.15, -0.1) is 0 Å². The second-order valence-electron chi connectivity index (χ2n) is 2.93. The van der Waals surface area contributed by atoms with Gasteiger partial charge in [-0.3, -0.25) is 0 Å². The van der Waals surface area contributed by atoms with Crippen molar-refractivity contribution in [2.75, 3.05) is 6.61 Å². The van der Waals surface area contributed by atoms with Gasteiger partial charge in [0.15, 0.2) is 6.29 Å². The van der Waals surface area contributed by atoms with E-state index in [-0.39, 0.29) is 0 Å². The van der Waals surface area contributed by atoms with E-state index >= 15 is 0 Å². The number of hydrogen-bond donors (Lipinski definition) is 4. The molecule has 76 valence electrons. The van der Waals surface area contributed by atoms with Gasteiger partial charge in [0.25, 0.3) is 0 Å². The lowest BCUT2D eigenvalue weighted by Gasteiger charge is -2.37. The molecule has 4 N–H and O–H groups in total. The molecule has 0 aliphatic carbocycles. The molecule has 13 heavy (non-hydrogen) atoms. The van der Waals surface area contributed by atoms with Gasteiger partial charge in [-0.2, -0.15) is 0 Å². The first-order chi connectivity index (χ1) is 6.11. The van der Waals surface area contributed by atoms with Crippen LogP contribution in [0.2, 0.25) is 0 Å². The van der Waals surface area contributed by atoms with E-state index in [4.69, 9.17) is 9.84 Å². The van der Waals surface area contributed by atoms with Gasteiger partial charge in [-0.25, -0.2) is 0 Å². The maximum Gasteiger partial charge on any atom is 0.151 e. The molecule has 0 radical (unpaired) electrons. The molecular weight excluding hydrogens is 180 g/mol. The van der Waals surface area contributed by atoms with Gasteiger partial charge in [-0.05, 0) is 0 Å². The number of aliphatic hydroxyl groups is 4. The second kappa shape index (κ2) is 4.12. The normalized spacial score (nSPS) is 46.0. The number of rotatable bonds is 2. The zero-order valence-electron chi connectivity index (χ0n) is 6.78. The summed E-state index contributed by atoms with van der Waals surface area (Å²) < 4.78 is 4.80. The van der Waals surface area contributed by atoms with E-state index in [1.807, 2.05) is 0 Å². The largest absolute Gasteiger partial charge is 0.394 e. The van der Waals surface area contributed by atoms with E-state index < -0.39 is 37.1 Å². The van der Waals surface area contributed by atoms with Crippen LogP contribution in [0, 0.1) is 0 Å². The number of ether oxygens (including phenoxy) is 1. The Labute approximate surface area is 74.4 Å². The van der Waals surface area contributed by atoms with Crippen molar-refractivity contribution in [1.82, 2.24) is 0 Å². The third kappa shape index (κ3) is 1.87. The third-order valence-electron chi connectivity index (χ3n) is 2.06. The first kappa shape index (κ1) is 10.6. The maximum absolute atomic E-state index is 10.3. The monoisotopic (exact) mass is 192 g/mol. The first-order valence-electron chi connectivity index (χ1n) is 3.87. The van der Waals surface area contributed by atoms with Crippen molar-refractivity contribution in [3.63, 3.8) is 0 Å². The highest BCUT2D eigenvalue weighted by molar-refractivity contribution is 5.57. The molecule has 5 atom stereocenters. The van der Waals surface area contributed by atoms with Crippen LogP contribution in [0.3, 0.4) is 0 Å². The van der Waals surface area contributed by atoms with Crippen LogP contribution < -0.4 is 0 Å². The van der Waals surface area contributed by atoms with Gasteiger partial charge < -0.3 is 30.0 Å². The summed E-state index contributed by atoms with van der Waals surface area (Å²) >= 11 is 0. The zero-order chi connectivity index (χ0) is 10.0. The fraction of sp³-hybridized carbons (Fsp3) is 0.857. The Balaban J connectivity index is 2.71. The Morgan fingerprint density at radius 2 is 1.77 bits per heavy atom. The summed E-state index contributed by atoms with van der Waals surface area (Å²) in [6, 6.07) is 0. The Kier molecular flexibility index (Phi) is 3.34. The molecule has 1 aliphatic rings. The van der Waals surface area contributed by atoms with E-state index in [0.29, 0.717) is 6.29 Å². The van der Waals surface area contributed by atoms with Crippen molar-refractivity contribution in [1.29, 1.82) is 0 Å². The molecule has 0 unspecified atom stereocenters. The van der Waals surface area contributed by atoms with Gasteiger partial charge in [0.05, 0.1) is 6.61 Å². The fourth-order valence-electron chi connectivity index (χ4n) is 1.24. The summed E-state index contributed by atoms with van der Waals surface area (Å²) in [4.78, 5) is 10.3. The van der Waals surface area contributed by atoms with Crippen molar-refractivity contribution >= 4 is 6.29 Å². The van der Waals surface area contributed by atoms with Crippen molar-refractivity contribution in [2.24, 2.45) is 0 Å². The predicted octanol–water partition coefficient (Wildman–Crippen LogP) is -2.97. The van der Waals surface area contributed by atoms with Crippen LogP contribution in [0.5, 0.6) is 0 Å². The molecule has 0 aromatic rings. The lowest BCUT2D eigenvalue weighted by atomic mass is 9.96. The highest BCUT2D eigenvalue weighted by Gasteiger charge is 2.43. The molecule has 1 saturated heterocycles. The summed E-state index contributed by atoms with van der Waals surface area (Å²) in [7, 11) is 0. The molecule has 1 aliphatic heterocycles. The average molecular weight is 192 g/mol. The van der Waals surface area contributed by atoms with Crippen LogP contribution in [-0.2, 0) is 9.53 Å². The van der Waals surface area contributed by atoms with Gasteiger partial charge >= 0.3 is 0 Å². The molecule has 0 amide bonds. The van der Waals surface area contributed by atoms with Crippen LogP contribution in [0.15, 0.2) is 0 Å². The molecule has 0 spiro atoms. The van der Waals surface area contributed by atoms with E-state index in [2.05, 4.69) is 0 Å². The highest BCUT2D eigenvalue weighted by atomic mass is 16.5. The smallest absolute Gasteiger partial charge is 0.151 e. The van der Waals surface area contributed by atoms with Crippen LogP contribution in [0.25, 0.3) is 0 Å². The van der Waals surface area contributed by atoms with E-state index in [9.17, 15) is 20.1 Å². The summed E-state index contributed by atoms with van der Waals surface area (Å²) in [5, 5.41) is 36.3. The third-order valence-corrected chi connectivity index (χ3v) is 2.06. The summed E-state index contributed by atoms with van der Waals surface area (Å²) in [6.07, 6.45) is -6.21. The Bertz CT molecular complexity index is 182. The molecule has 6 heteroatoms. The number of aldehydes is 1. The van der Waals surface area contributed by atoms with Crippen molar-refractivity contribution in [2.45, 2.75) is 30.5 Å². The van der Waals surface area contributed by atoms with E-state index in [0.717, 1.165) is 0 Å². The molecule has 1 fully saturated rings.